The lowest BCUT2D eigenvalue weighted by Gasteiger charge is -2.19. The number of aliphatic hydroxyl groups excluding tert-OH is 1. The number of anilines is 2. The van der Waals surface area contributed by atoms with Crippen LogP contribution in [0.1, 0.15) is 41.6 Å². The van der Waals surface area contributed by atoms with Crippen LogP contribution in [0.5, 0.6) is 0 Å². The summed E-state index contributed by atoms with van der Waals surface area (Å²) < 4.78 is 6.79. The molecule has 9 heteroatoms. The summed E-state index contributed by atoms with van der Waals surface area (Å²) in [7, 11) is 0. The third kappa shape index (κ3) is 5.46. The lowest BCUT2D eigenvalue weighted by Crippen LogP contribution is -2.21. The highest BCUT2D eigenvalue weighted by molar-refractivity contribution is 5.86. The first-order chi connectivity index (χ1) is 18.1. The summed E-state index contributed by atoms with van der Waals surface area (Å²) >= 11 is 0. The Morgan fingerprint density at radius 3 is 1.95 bits per heavy atom. The number of carbonyl (C=O) groups excluding carboxylic acids is 1. The molecule has 9 nitrogen and oxygen atoms in total. The number of aromatic nitrogens is 4. The number of ether oxygens (including phenoxy) is 1. The van der Waals surface area contributed by atoms with Crippen molar-refractivity contribution in [2.75, 3.05) is 42.6 Å². The van der Waals surface area contributed by atoms with Gasteiger partial charge in [0.1, 0.15) is 0 Å². The maximum Gasteiger partial charge on any atom is 0.358 e. The van der Waals surface area contributed by atoms with Crippen LogP contribution in [0, 0.1) is 23.7 Å². The number of aliphatic hydroxyl groups is 1. The standard InChI is InChI=1S/C17H20N4O2.C11H14N2O/c1-2-23-17(22)16-10-20(11-19-16)9-14-3-4-15(6-18-14)21-7-12-5-13(12)8-21;14-7-10-1-2-11(4-12-10)13-5-8-3-9(8)6-13/h3-4,6,10-13H,2,5,7-9H2,1H3;1-2,4,8-9,14H,3,5-7H2. The van der Waals surface area contributed by atoms with E-state index in [4.69, 9.17) is 9.84 Å². The van der Waals surface area contributed by atoms with Crippen LogP contribution < -0.4 is 9.80 Å². The van der Waals surface area contributed by atoms with Crippen LogP contribution >= 0.6 is 0 Å². The molecule has 0 radical (unpaired) electrons. The van der Waals surface area contributed by atoms with Crippen LogP contribution in [-0.4, -0.2) is 63.4 Å². The SMILES string of the molecule is CCOC(=O)c1cn(Cc2ccc(N3CC4CC4C3)cn2)cn1.OCc1ccc(N2CC3CC3C2)cn1. The minimum Gasteiger partial charge on any atom is -0.461 e. The molecule has 3 aromatic rings. The lowest BCUT2D eigenvalue weighted by molar-refractivity contribution is 0.0520. The predicted octanol–water partition coefficient (Wildman–Crippen LogP) is 2.99. The Morgan fingerprint density at radius 1 is 0.892 bits per heavy atom. The van der Waals surface area contributed by atoms with Gasteiger partial charge in [0.05, 0.1) is 61.2 Å². The van der Waals surface area contributed by atoms with Gasteiger partial charge in [-0.05, 0) is 67.7 Å². The van der Waals surface area contributed by atoms with Crippen LogP contribution in [0.2, 0.25) is 0 Å². The molecule has 3 aromatic heterocycles. The summed E-state index contributed by atoms with van der Waals surface area (Å²) in [6, 6.07) is 8.14. The van der Waals surface area contributed by atoms with E-state index in [9.17, 15) is 4.79 Å². The van der Waals surface area contributed by atoms with Crippen LogP contribution in [0.3, 0.4) is 0 Å². The average Bonchev–Trinajstić information content (AvgIpc) is 3.63. The number of nitrogens with zero attached hydrogens (tertiary/aromatic N) is 6. The van der Waals surface area contributed by atoms with Gasteiger partial charge in [-0.1, -0.05) is 0 Å². The minimum absolute atomic E-state index is 0.0333. The van der Waals surface area contributed by atoms with Crippen LogP contribution in [-0.2, 0) is 17.9 Å². The van der Waals surface area contributed by atoms with Crippen molar-refractivity contribution in [3.63, 3.8) is 0 Å². The molecule has 4 fully saturated rings. The largest absolute Gasteiger partial charge is 0.461 e. The lowest BCUT2D eigenvalue weighted by atomic mass is 10.3. The number of pyridine rings is 2. The number of carbonyl (C=O) groups is 1. The van der Waals surface area contributed by atoms with Crippen molar-refractivity contribution in [2.45, 2.75) is 32.9 Å². The molecule has 7 rings (SSSR count). The number of rotatable bonds is 7. The normalized spacial score (nSPS) is 24.7. The fourth-order valence-electron chi connectivity index (χ4n) is 5.56. The minimum atomic E-state index is -0.387. The maximum atomic E-state index is 11.6. The Morgan fingerprint density at radius 2 is 1.46 bits per heavy atom. The quantitative estimate of drug-likeness (QED) is 0.493. The first-order valence-corrected chi connectivity index (χ1v) is 13.3. The van der Waals surface area contributed by atoms with E-state index in [0.717, 1.165) is 35.1 Å². The van der Waals surface area contributed by atoms with Crippen molar-refractivity contribution in [2.24, 2.45) is 23.7 Å². The van der Waals surface area contributed by atoms with Gasteiger partial charge in [0.15, 0.2) is 5.69 Å². The highest BCUT2D eigenvalue weighted by atomic mass is 16.5. The summed E-state index contributed by atoms with van der Waals surface area (Å²) in [4.78, 5) is 29.2. The summed E-state index contributed by atoms with van der Waals surface area (Å²) in [5.41, 5.74) is 4.44. The van der Waals surface area contributed by atoms with Crippen molar-refractivity contribution in [3.8, 4) is 0 Å². The van der Waals surface area contributed by atoms with Crippen LogP contribution in [0.4, 0.5) is 11.4 Å². The maximum absolute atomic E-state index is 11.6. The summed E-state index contributed by atoms with van der Waals surface area (Å²) in [5.74, 6) is 3.35. The summed E-state index contributed by atoms with van der Waals surface area (Å²) in [5, 5.41) is 8.87. The van der Waals surface area contributed by atoms with Crippen molar-refractivity contribution >= 4 is 17.3 Å². The zero-order valence-electron chi connectivity index (χ0n) is 21.2. The van der Waals surface area contributed by atoms with Crippen molar-refractivity contribution in [3.05, 3.63) is 66.3 Å². The van der Waals surface area contributed by atoms with Gasteiger partial charge >= 0.3 is 5.97 Å². The van der Waals surface area contributed by atoms with Gasteiger partial charge < -0.3 is 24.2 Å². The molecule has 2 aliphatic heterocycles. The Labute approximate surface area is 217 Å². The predicted molar refractivity (Wildman–Crippen MR) is 139 cm³/mol. The number of hydrogen-bond acceptors (Lipinski definition) is 8. The van der Waals surface area contributed by atoms with Gasteiger partial charge in [-0.15, -0.1) is 0 Å². The van der Waals surface area contributed by atoms with Gasteiger partial charge in [-0.2, -0.15) is 0 Å². The first kappa shape index (κ1) is 23.9. The van der Waals surface area contributed by atoms with Gasteiger partial charge in [-0.25, -0.2) is 9.78 Å². The molecule has 4 aliphatic rings. The molecule has 0 bridgehead atoms. The number of fused-ring (bicyclic) bond motifs is 2. The first-order valence-electron chi connectivity index (χ1n) is 13.3. The van der Waals surface area contributed by atoms with Crippen LogP contribution in [0.25, 0.3) is 0 Å². The van der Waals surface area contributed by atoms with Gasteiger partial charge in [0.25, 0.3) is 0 Å². The van der Waals surface area contributed by atoms with Crippen molar-refractivity contribution in [1.82, 2.24) is 19.5 Å². The van der Waals surface area contributed by atoms with E-state index in [0.29, 0.717) is 18.8 Å². The molecule has 1 N–H and O–H groups in total. The van der Waals surface area contributed by atoms with Crippen molar-refractivity contribution < 1.29 is 14.6 Å². The summed E-state index contributed by atoms with van der Waals surface area (Å²) in [6.07, 6.45) is 9.99. The molecule has 0 aromatic carbocycles. The van der Waals surface area contributed by atoms with Crippen molar-refractivity contribution in [1.29, 1.82) is 0 Å². The average molecular weight is 503 g/mol. The topological polar surface area (TPSA) is 96.6 Å². The second kappa shape index (κ2) is 10.1. The number of piperidine rings is 2. The molecule has 2 aliphatic carbocycles. The third-order valence-corrected chi connectivity index (χ3v) is 7.93. The molecule has 4 atom stereocenters. The molecule has 37 heavy (non-hydrogen) atoms. The van der Waals surface area contributed by atoms with E-state index in [2.05, 4.69) is 36.9 Å². The Bertz CT molecular complexity index is 1210. The number of esters is 1. The fourth-order valence-corrected chi connectivity index (χ4v) is 5.56. The third-order valence-electron chi connectivity index (χ3n) is 7.93. The Hall–Kier alpha value is -3.46. The molecule has 2 saturated heterocycles. The second-order valence-electron chi connectivity index (χ2n) is 10.6. The van der Waals surface area contributed by atoms with E-state index < -0.39 is 0 Å². The van der Waals surface area contributed by atoms with Gasteiger partial charge in [-0.3, -0.25) is 9.97 Å². The Balaban J connectivity index is 0.000000153. The number of imidazole rings is 1. The Kier molecular flexibility index (Phi) is 6.54. The highest BCUT2D eigenvalue weighted by Crippen LogP contribution is 2.46. The molecule has 0 amide bonds. The van der Waals surface area contributed by atoms with E-state index in [1.807, 2.05) is 29.1 Å². The molecular weight excluding hydrogens is 468 g/mol. The van der Waals surface area contributed by atoms with Crippen LogP contribution in [0.15, 0.2) is 49.2 Å². The van der Waals surface area contributed by atoms with Gasteiger partial charge in [0, 0.05) is 32.4 Å². The van der Waals surface area contributed by atoms with E-state index in [-0.39, 0.29) is 12.6 Å². The molecule has 4 unspecified atom stereocenters. The highest BCUT2D eigenvalue weighted by Gasteiger charge is 2.45. The van der Waals surface area contributed by atoms with Gasteiger partial charge in [0.2, 0.25) is 0 Å². The summed E-state index contributed by atoms with van der Waals surface area (Å²) in [6.45, 7) is 7.52. The fraction of sp³-hybridized carbons (Fsp3) is 0.500. The van der Waals surface area contributed by atoms with E-state index in [1.54, 1.807) is 19.4 Å². The molecule has 2 saturated carbocycles. The monoisotopic (exact) mass is 502 g/mol. The smallest absolute Gasteiger partial charge is 0.358 e. The zero-order chi connectivity index (χ0) is 25.4. The molecule has 0 spiro atoms. The van der Waals surface area contributed by atoms with E-state index >= 15 is 0 Å². The van der Waals surface area contributed by atoms with E-state index in [1.165, 1.54) is 50.4 Å². The molecular formula is C28H34N6O3. The molecule has 194 valence electrons. The second-order valence-corrected chi connectivity index (χ2v) is 10.6. The zero-order valence-corrected chi connectivity index (χ0v) is 21.2. The molecule has 5 heterocycles. The number of hydrogen-bond donors (Lipinski definition) is 1.